The van der Waals surface area contributed by atoms with Gasteiger partial charge in [0.1, 0.15) is 5.82 Å². The summed E-state index contributed by atoms with van der Waals surface area (Å²) in [5.41, 5.74) is 1.48. The Labute approximate surface area is 148 Å². The number of nitrogens with one attached hydrogen (secondary N) is 1. The molecule has 0 unspecified atom stereocenters. The third kappa shape index (κ3) is 3.53. The molecule has 3 aromatic rings. The first kappa shape index (κ1) is 17.1. The Kier molecular flexibility index (Phi) is 4.81. The lowest BCUT2D eigenvalue weighted by atomic mass is 10.1. The van der Waals surface area contributed by atoms with Gasteiger partial charge < -0.3 is 10.2 Å². The smallest absolute Gasteiger partial charge is 0.264 e. The number of halogens is 1. The molecule has 0 spiro atoms. The highest BCUT2D eigenvalue weighted by molar-refractivity contribution is 7.20. The first-order valence-corrected chi connectivity index (χ1v) is 8.56. The highest BCUT2D eigenvalue weighted by Crippen LogP contribution is 2.28. The van der Waals surface area contributed by atoms with E-state index in [0.717, 1.165) is 10.3 Å². The first-order chi connectivity index (χ1) is 12.0. The molecule has 128 valence electrons. The van der Waals surface area contributed by atoms with Crippen molar-refractivity contribution in [1.29, 1.82) is 0 Å². The van der Waals surface area contributed by atoms with Crippen LogP contribution in [0.3, 0.4) is 0 Å². The number of hydrogen-bond acceptors (Lipinski definition) is 3. The quantitative estimate of drug-likeness (QED) is 0.775. The van der Waals surface area contributed by atoms with Crippen molar-refractivity contribution in [1.82, 2.24) is 10.2 Å². The monoisotopic (exact) mass is 356 g/mol. The fourth-order valence-electron chi connectivity index (χ4n) is 2.57. The van der Waals surface area contributed by atoms with Crippen molar-refractivity contribution in [3.63, 3.8) is 0 Å². The third-order valence-electron chi connectivity index (χ3n) is 3.93. The van der Waals surface area contributed by atoms with E-state index >= 15 is 0 Å². The molecule has 3 rings (SSSR count). The molecule has 1 heterocycles. The lowest BCUT2D eigenvalue weighted by Gasteiger charge is -2.16. The topological polar surface area (TPSA) is 49.4 Å². The maximum absolute atomic E-state index is 13.8. The van der Waals surface area contributed by atoms with Crippen molar-refractivity contribution >= 4 is 33.2 Å². The van der Waals surface area contributed by atoms with Crippen molar-refractivity contribution in [2.24, 2.45) is 0 Å². The Balaban J connectivity index is 1.75. The molecule has 1 aromatic heterocycles. The summed E-state index contributed by atoms with van der Waals surface area (Å²) in [6.07, 6.45) is 0. The van der Waals surface area contributed by atoms with E-state index in [1.54, 1.807) is 49.3 Å². The molecular weight excluding hydrogens is 339 g/mol. The zero-order valence-electron chi connectivity index (χ0n) is 13.9. The molecule has 1 N–H and O–H groups in total. The van der Waals surface area contributed by atoms with Gasteiger partial charge in [0.2, 0.25) is 0 Å². The van der Waals surface area contributed by atoms with E-state index in [4.69, 9.17) is 0 Å². The highest BCUT2D eigenvalue weighted by Gasteiger charge is 2.16. The van der Waals surface area contributed by atoms with Gasteiger partial charge >= 0.3 is 0 Å². The van der Waals surface area contributed by atoms with Crippen LogP contribution >= 0.6 is 11.3 Å². The normalized spacial score (nSPS) is 10.7. The molecule has 6 heteroatoms. The van der Waals surface area contributed by atoms with Gasteiger partial charge in [0.15, 0.2) is 0 Å². The molecule has 0 saturated heterocycles. The van der Waals surface area contributed by atoms with Gasteiger partial charge in [-0.1, -0.05) is 18.2 Å². The van der Waals surface area contributed by atoms with Crippen molar-refractivity contribution in [3.8, 4) is 0 Å². The first-order valence-electron chi connectivity index (χ1n) is 7.74. The molecule has 0 bridgehead atoms. The SMILES string of the molecule is CNC(=O)c1ccc(CN(C)C(=O)c2cc3c(F)cccc3s2)cc1. The number of nitrogens with zero attached hydrogens (tertiary/aromatic N) is 1. The molecule has 0 radical (unpaired) electrons. The molecular formula is C19H17FN2O2S. The van der Waals surface area contributed by atoms with Gasteiger partial charge in [-0.25, -0.2) is 4.39 Å². The molecule has 0 fully saturated rings. The summed E-state index contributed by atoms with van der Waals surface area (Å²) >= 11 is 1.28. The summed E-state index contributed by atoms with van der Waals surface area (Å²) in [7, 11) is 3.28. The van der Waals surface area contributed by atoms with Crippen LogP contribution in [0.5, 0.6) is 0 Å². The van der Waals surface area contributed by atoms with Crippen LogP contribution in [-0.4, -0.2) is 30.8 Å². The predicted molar refractivity (Wildman–Crippen MR) is 97.4 cm³/mol. The van der Waals surface area contributed by atoms with Gasteiger partial charge in [0.25, 0.3) is 11.8 Å². The van der Waals surface area contributed by atoms with Crippen molar-refractivity contribution in [3.05, 3.63) is 70.4 Å². The van der Waals surface area contributed by atoms with Crippen molar-refractivity contribution in [2.75, 3.05) is 14.1 Å². The number of benzene rings is 2. The second-order valence-electron chi connectivity index (χ2n) is 5.70. The second kappa shape index (κ2) is 7.03. The Morgan fingerprint density at radius 1 is 1.16 bits per heavy atom. The largest absolute Gasteiger partial charge is 0.355 e. The van der Waals surface area contributed by atoms with E-state index in [1.165, 1.54) is 17.4 Å². The highest BCUT2D eigenvalue weighted by atomic mass is 32.1. The maximum atomic E-state index is 13.8. The van der Waals surface area contributed by atoms with Gasteiger partial charge in [-0.3, -0.25) is 9.59 Å². The van der Waals surface area contributed by atoms with Crippen molar-refractivity contribution < 1.29 is 14.0 Å². The number of hydrogen-bond donors (Lipinski definition) is 1. The minimum Gasteiger partial charge on any atom is -0.355 e. The Morgan fingerprint density at radius 2 is 1.88 bits per heavy atom. The molecule has 2 amide bonds. The van der Waals surface area contributed by atoms with Gasteiger partial charge in [-0.15, -0.1) is 11.3 Å². The number of carbonyl (C=O) groups excluding carboxylic acids is 2. The zero-order valence-corrected chi connectivity index (χ0v) is 14.7. The predicted octanol–water partition coefficient (Wildman–Crippen LogP) is 3.67. The van der Waals surface area contributed by atoms with Crippen LogP contribution in [-0.2, 0) is 6.54 Å². The summed E-state index contributed by atoms with van der Waals surface area (Å²) in [5.74, 6) is -0.625. The standard InChI is InChI=1S/C19H17FN2O2S/c1-21-18(23)13-8-6-12(7-9-13)11-22(2)19(24)17-10-14-15(20)4-3-5-16(14)25-17/h3-10H,11H2,1-2H3,(H,21,23). The Bertz CT molecular complexity index is 934. The van der Waals surface area contributed by atoms with E-state index in [9.17, 15) is 14.0 Å². The van der Waals surface area contributed by atoms with Crippen LogP contribution in [0.2, 0.25) is 0 Å². The van der Waals surface area contributed by atoms with Gasteiger partial charge in [0, 0.05) is 36.3 Å². The number of rotatable bonds is 4. The lowest BCUT2D eigenvalue weighted by Crippen LogP contribution is -2.25. The number of amides is 2. The average molecular weight is 356 g/mol. The van der Waals surface area contributed by atoms with Crippen LogP contribution in [0, 0.1) is 5.82 Å². The fourth-order valence-corrected chi connectivity index (χ4v) is 3.64. The van der Waals surface area contributed by atoms with Crippen LogP contribution in [0.1, 0.15) is 25.6 Å². The van der Waals surface area contributed by atoms with E-state index in [1.807, 2.05) is 12.1 Å². The van der Waals surface area contributed by atoms with Gasteiger partial charge in [-0.05, 0) is 35.9 Å². The average Bonchev–Trinajstić information content (AvgIpc) is 3.06. The van der Waals surface area contributed by atoms with E-state index in [-0.39, 0.29) is 17.6 Å². The Hall–Kier alpha value is -2.73. The summed E-state index contributed by atoms with van der Waals surface area (Å²) in [6.45, 7) is 0.406. The van der Waals surface area contributed by atoms with Crippen LogP contribution in [0.15, 0.2) is 48.5 Å². The van der Waals surface area contributed by atoms with Crippen LogP contribution < -0.4 is 5.32 Å². The number of thiophene rings is 1. The minimum atomic E-state index is -0.319. The van der Waals surface area contributed by atoms with E-state index in [0.29, 0.717) is 22.4 Å². The lowest BCUT2D eigenvalue weighted by molar-refractivity contribution is 0.0789. The van der Waals surface area contributed by atoms with Crippen molar-refractivity contribution in [2.45, 2.75) is 6.54 Å². The van der Waals surface area contributed by atoms with E-state index in [2.05, 4.69) is 5.32 Å². The molecule has 0 aliphatic carbocycles. The van der Waals surface area contributed by atoms with Crippen LogP contribution in [0.25, 0.3) is 10.1 Å². The molecule has 25 heavy (non-hydrogen) atoms. The summed E-state index contributed by atoms with van der Waals surface area (Å²) in [4.78, 5) is 26.2. The molecule has 0 aliphatic heterocycles. The number of fused-ring (bicyclic) bond motifs is 1. The molecule has 0 aliphatic rings. The summed E-state index contributed by atoms with van der Waals surface area (Å²) in [6, 6.07) is 13.5. The Morgan fingerprint density at radius 3 is 2.52 bits per heavy atom. The van der Waals surface area contributed by atoms with E-state index < -0.39 is 0 Å². The van der Waals surface area contributed by atoms with Gasteiger partial charge in [0.05, 0.1) is 4.88 Å². The molecule has 4 nitrogen and oxygen atoms in total. The molecule has 0 atom stereocenters. The van der Waals surface area contributed by atoms with Gasteiger partial charge in [-0.2, -0.15) is 0 Å². The zero-order chi connectivity index (χ0) is 18.0. The molecule has 2 aromatic carbocycles. The third-order valence-corrected chi connectivity index (χ3v) is 5.02. The summed E-state index contributed by atoms with van der Waals surface area (Å²) < 4.78 is 14.5. The summed E-state index contributed by atoms with van der Waals surface area (Å²) in [5, 5.41) is 3.04. The number of carbonyl (C=O) groups is 2. The minimum absolute atomic E-state index is 0.150. The maximum Gasteiger partial charge on any atom is 0.264 e. The second-order valence-corrected chi connectivity index (χ2v) is 6.78. The molecule has 0 saturated carbocycles. The van der Waals surface area contributed by atoms with Crippen LogP contribution in [0.4, 0.5) is 4.39 Å². The fraction of sp³-hybridized carbons (Fsp3) is 0.158.